The van der Waals surface area contributed by atoms with E-state index in [2.05, 4.69) is 11.4 Å². The number of nitrogens with one attached hydrogen (secondary N) is 1. The van der Waals surface area contributed by atoms with Crippen LogP contribution in [0, 0.1) is 5.92 Å². The summed E-state index contributed by atoms with van der Waals surface area (Å²) >= 11 is 0. The quantitative estimate of drug-likeness (QED) is 0.572. The molecule has 2 heteroatoms. The van der Waals surface area contributed by atoms with E-state index in [-0.39, 0.29) is 11.7 Å². The summed E-state index contributed by atoms with van der Waals surface area (Å²) in [5.41, 5.74) is 0. The van der Waals surface area contributed by atoms with Gasteiger partial charge in [-0.2, -0.15) is 0 Å². The Balaban J connectivity index is 2.45. The van der Waals surface area contributed by atoms with E-state index in [1.165, 1.54) is 0 Å². The normalized spacial score (nSPS) is 31.0. The van der Waals surface area contributed by atoms with Crippen molar-refractivity contribution in [2.75, 3.05) is 7.05 Å². The van der Waals surface area contributed by atoms with Gasteiger partial charge in [-0.15, -0.1) is 0 Å². The van der Waals surface area contributed by atoms with E-state index in [0.717, 1.165) is 6.42 Å². The molecule has 0 bridgehead atoms. The van der Waals surface area contributed by atoms with Gasteiger partial charge in [0.15, 0.2) is 0 Å². The number of hydrogen-bond acceptors (Lipinski definition) is 2. The van der Waals surface area contributed by atoms with Crippen molar-refractivity contribution in [2.24, 2.45) is 5.92 Å². The second kappa shape index (κ2) is 2.97. The summed E-state index contributed by atoms with van der Waals surface area (Å²) < 4.78 is 0. The smallest absolute Gasteiger partial charge is 0.136 e. The number of carbonyl (C=O) groups is 1. The Morgan fingerprint density at radius 2 is 2.30 bits per heavy atom. The molecular formula is C8H13NO. The molecule has 0 heterocycles. The fraction of sp³-hybridized carbons (Fsp3) is 0.625. The van der Waals surface area contributed by atoms with Crippen LogP contribution in [0.25, 0.3) is 0 Å². The molecule has 1 aliphatic rings. The Morgan fingerprint density at radius 3 is 2.60 bits per heavy atom. The maximum Gasteiger partial charge on any atom is 0.136 e. The van der Waals surface area contributed by atoms with Crippen LogP contribution >= 0.6 is 0 Å². The van der Waals surface area contributed by atoms with Gasteiger partial charge in [-0.1, -0.05) is 12.2 Å². The molecule has 1 aliphatic carbocycles. The highest BCUT2D eigenvalue weighted by atomic mass is 16.1. The van der Waals surface area contributed by atoms with E-state index in [1.807, 2.05) is 13.1 Å². The maximum absolute atomic E-state index is 10.8. The molecular weight excluding hydrogens is 126 g/mol. The molecule has 1 rings (SSSR count). The van der Waals surface area contributed by atoms with Gasteiger partial charge in [0.1, 0.15) is 5.78 Å². The van der Waals surface area contributed by atoms with Gasteiger partial charge in [-0.3, -0.25) is 4.79 Å². The van der Waals surface area contributed by atoms with E-state index in [1.54, 1.807) is 6.92 Å². The molecule has 0 spiro atoms. The minimum absolute atomic E-state index is 0.164. The van der Waals surface area contributed by atoms with Crippen LogP contribution in [0.3, 0.4) is 0 Å². The van der Waals surface area contributed by atoms with Gasteiger partial charge in [-0.05, 0) is 20.4 Å². The van der Waals surface area contributed by atoms with Gasteiger partial charge >= 0.3 is 0 Å². The minimum atomic E-state index is 0.164. The third kappa shape index (κ3) is 1.45. The van der Waals surface area contributed by atoms with Crippen LogP contribution in [0.5, 0.6) is 0 Å². The highest BCUT2D eigenvalue weighted by Gasteiger charge is 2.20. The molecule has 10 heavy (non-hydrogen) atoms. The first-order valence-electron chi connectivity index (χ1n) is 3.60. The van der Waals surface area contributed by atoms with Crippen molar-refractivity contribution in [3.63, 3.8) is 0 Å². The monoisotopic (exact) mass is 139 g/mol. The molecule has 2 nitrogen and oxygen atoms in total. The molecule has 0 aromatic heterocycles. The standard InChI is InChI=1S/C8H13NO/c1-6(10)7-3-4-8(5-7)9-2/h3-4,7-9H,5H2,1-2H3. The predicted octanol–water partition coefficient (Wildman–Crippen LogP) is 0.740. The highest BCUT2D eigenvalue weighted by molar-refractivity contribution is 5.80. The zero-order chi connectivity index (χ0) is 7.56. The second-order valence-corrected chi connectivity index (χ2v) is 2.73. The van der Waals surface area contributed by atoms with Gasteiger partial charge in [-0.25, -0.2) is 0 Å². The van der Waals surface area contributed by atoms with Crippen molar-refractivity contribution in [1.82, 2.24) is 5.32 Å². The number of Topliss-reactive ketones (excluding diaryl/α,β-unsaturated/α-hetero) is 1. The number of likely N-dealkylation sites (N-methyl/N-ethyl adjacent to an activating group) is 1. The summed E-state index contributed by atoms with van der Waals surface area (Å²) in [5, 5.41) is 3.11. The van der Waals surface area contributed by atoms with Gasteiger partial charge in [0.2, 0.25) is 0 Å². The summed E-state index contributed by atoms with van der Waals surface area (Å²) in [6, 6.07) is 0.411. The Hall–Kier alpha value is -0.630. The number of rotatable bonds is 2. The molecule has 1 N–H and O–H groups in total. The SMILES string of the molecule is CNC1C=CC(C(C)=O)C1. The van der Waals surface area contributed by atoms with Crippen molar-refractivity contribution < 1.29 is 4.79 Å². The summed E-state index contributed by atoms with van der Waals surface area (Å²) in [6.07, 6.45) is 4.99. The minimum Gasteiger partial charge on any atom is -0.314 e. The Kier molecular flexibility index (Phi) is 2.22. The zero-order valence-corrected chi connectivity index (χ0v) is 6.42. The van der Waals surface area contributed by atoms with Crippen molar-refractivity contribution in [1.29, 1.82) is 0 Å². The van der Waals surface area contributed by atoms with Gasteiger partial charge in [0.25, 0.3) is 0 Å². The van der Waals surface area contributed by atoms with Crippen LogP contribution in [-0.2, 0) is 4.79 Å². The molecule has 0 saturated carbocycles. The fourth-order valence-electron chi connectivity index (χ4n) is 1.21. The van der Waals surface area contributed by atoms with E-state index in [9.17, 15) is 4.79 Å². The van der Waals surface area contributed by atoms with Crippen LogP contribution in [0.4, 0.5) is 0 Å². The molecule has 2 unspecified atom stereocenters. The number of ketones is 1. The number of hydrogen-bond donors (Lipinski definition) is 1. The average Bonchev–Trinajstić information content (AvgIpc) is 2.34. The molecule has 0 amide bonds. The molecule has 0 aliphatic heterocycles. The molecule has 0 saturated heterocycles. The van der Waals surface area contributed by atoms with Crippen LogP contribution in [0.2, 0.25) is 0 Å². The first-order valence-corrected chi connectivity index (χ1v) is 3.60. The maximum atomic E-state index is 10.8. The first-order chi connectivity index (χ1) is 4.74. The third-order valence-electron chi connectivity index (χ3n) is 1.98. The third-order valence-corrected chi connectivity index (χ3v) is 1.98. The second-order valence-electron chi connectivity index (χ2n) is 2.73. The Bertz CT molecular complexity index is 163. The molecule has 0 aromatic rings. The largest absolute Gasteiger partial charge is 0.314 e. The van der Waals surface area contributed by atoms with Crippen LogP contribution in [0.15, 0.2) is 12.2 Å². The topological polar surface area (TPSA) is 29.1 Å². The van der Waals surface area contributed by atoms with Crippen LogP contribution < -0.4 is 5.32 Å². The first kappa shape index (κ1) is 7.48. The van der Waals surface area contributed by atoms with E-state index < -0.39 is 0 Å². The lowest BCUT2D eigenvalue weighted by Gasteiger charge is -2.06. The van der Waals surface area contributed by atoms with Crippen molar-refractivity contribution in [3.05, 3.63) is 12.2 Å². The van der Waals surface area contributed by atoms with Crippen molar-refractivity contribution in [2.45, 2.75) is 19.4 Å². The summed E-state index contributed by atoms with van der Waals surface area (Å²) in [7, 11) is 1.91. The van der Waals surface area contributed by atoms with Gasteiger partial charge in [0.05, 0.1) is 0 Å². The van der Waals surface area contributed by atoms with Crippen molar-refractivity contribution >= 4 is 5.78 Å². The number of carbonyl (C=O) groups excluding carboxylic acids is 1. The molecule has 0 fully saturated rings. The van der Waals surface area contributed by atoms with Gasteiger partial charge in [0, 0.05) is 12.0 Å². The molecule has 0 radical (unpaired) electrons. The van der Waals surface area contributed by atoms with Crippen molar-refractivity contribution in [3.8, 4) is 0 Å². The summed E-state index contributed by atoms with van der Waals surface area (Å²) in [5.74, 6) is 0.437. The Labute approximate surface area is 61.3 Å². The molecule has 56 valence electrons. The number of allylic oxidation sites excluding steroid dienone is 1. The van der Waals surface area contributed by atoms with Crippen LogP contribution in [-0.4, -0.2) is 18.9 Å². The van der Waals surface area contributed by atoms with E-state index in [4.69, 9.17) is 0 Å². The Morgan fingerprint density at radius 1 is 1.60 bits per heavy atom. The molecule has 0 aromatic carbocycles. The van der Waals surface area contributed by atoms with E-state index in [0.29, 0.717) is 6.04 Å². The summed E-state index contributed by atoms with van der Waals surface area (Å²) in [6.45, 7) is 1.65. The predicted molar refractivity (Wildman–Crippen MR) is 40.8 cm³/mol. The lowest BCUT2D eigenvalue weighted by Crippen LogP contribution is -2.22. The van der Waals surface area contributed by atoms with E-state index >= 15 is 0 Å². The van der Waals surface area contributed by atoms with Gasteiger partial charge < -0.3 is 5.32 Å². The zero-order valence-electron chi connectivity index (χ0n) is 6.42. The van der Waals surface area contributed by atoms with Crippen LogP contribution in [0.1, 0.15) is 13.3 Å². The highest BCUT2D eigenvalue weighted by Crippen LogP contribution is 2.17. The summed E-state index contributed by atoms with van der Waals surface area (Å²) in [4.78, 5) is 10.8. The lowest BCUT2D eigenvalue weighted by molar-refractivity contribution is -0.119. The molecule has 2 atom stereocenters. The average molecular weight is 139 g/mol. The fourth-order valence-corrected chi connectivity index (χ4v) is 1.21. The lowest BCUT2D eigenvalue weighted by atomic mass is 10.0.